The first-order valence-electron chi connectivity index (χ1n) is 9.44. The van der Waals surface area contributed by atoms with Crippen LogP contribution in [0.2, 0.25) is 0 Å². The first kappa shape index (κ1) is 19.9. The van der Waals surface area contributed by atoms with Crippen molar-refractivity contribution in [2.75, 3.05) is 47.3 Å². The van der Waals surface area contributed by atoms with Crippen molar-refractivity contribution >= 4 is 11.9 Å². The predicted octanol–water partition coefficient (Wildman–Crippen LogP) is 1.27. The Morgan fingerprint density at radius 2 is 1.89 bits per heavy atom. The van der Waals surface area contributed by atoms with Gasteiger partial charge in [0.15, 0.2) is 5.96 Å². The van der Waals surface area contributed by atoms with Crippen molar-refractivity contribution in [3.8, 4) is 0 Å². The Bertz CT molecular complexity index is 778. The van der Waals surface area contributed by atoms with Gasteiger partial charge in [0.05, 0.1) is 5.69 Å². The topological polar surface area (TPSA) is 77.2 Å². The van der Waals surface area contributed by atoms with Crippen molar-refractivity contribution in [3.63, 3.8) is 0 Å². The van der Waals surface area contributed by atoms with Crippen molar-refractivity contribution in [3.05, 3.63) is 53.4 Å². The van der Waals surface area contributed by atoms with Gasteiger partial charge in [0, 0.05) is 72.0 Å². The van der Waals surface area contributed by atoms with Crippen LogP contribution in [0.5, 0.6) is 0 Å². The first-order chi connectivity index (χ1) is 13.6. The van der Waals surface area contributed by atoms with Gasteiger partial charge in [-0.05, 0) is 17.7 Å². The molecule has 0 aliphatic carbocycles. The molecule has 1 aromatic heterocycles. The van der Waals surface area contributed by atoms with E-state index < -0.39 is 0 Å². The molecule has 150 valence electrons. The van der Waals surface area contributed by atoms with Gasteiger partial charge in [0.1, 0.15) is 6.26 Å². The zero-order valence-corrected chi connectivity index (χ0v) is 16.8. The summed E-state index contributed by atoms with van der Waals surface area (Å²) in [5.74, 6) is 0.911. The Labute approximate surface area is 165 Å². The monoisotopic (exact) mass is 384 g/mol. The molecule has 2 aromatic rings. The lowest BCUT2D eigenvalue weighted by Gasteiger charge is -2.36. The third kappa shape index (κ3) is 5.10. The van der Waals surface area contributed by atoms with Gasteiger partial charge in [0.25, 0.3) is 5.91 Å². The van der Waals surface area contributed by atoms with Crippen molar-refractivity contribution in [2.24, 2.45) is 4.99 Å². The fourth-order valence-corrected chi connectivity index (χ4v) is 3.20. The SMILES string of the molecule is CN=C(NCc1ccc(C(=O)N(C)C)cc1)N1CCN(Cc2ccon2)CC1. The smallest absolute Gasteiger partial charge is 0.253 e. The van der Waals surface area contributed by atoms with E-state index in [-0.39, 0.29) is 5.91 Å². The quantitative estimate of drug-likeness (QED) is 0.618. The van der Waals surface area contributed by atoms with Gasteiger partial charge in [-0.1, -0.05) is 17.3 Å². The maximum Gasteiger partial charge on any atom is 0.253 e. The highest BCUT2D eigenvalue weighted by molar-refractivity contribution is 5.93. The van der Waals surface area contributed by atoms with E-state index in [1.807, 2.05) is 37.4 Å². The molecule has 1 fully saturated rings. The molecule has 0 saturated carbocycles. The second kappa shape index (κ2) is 9.36. The lowest BCUT2D eigenvalue weighted by Crippen LogP contribution is -2.52. The van der Waals surface area contributed by atoms with Crippen LogP contribution in [0.15, 0.2) is 46.1 Å². The van der Waals surface area contributed by atoms with Crippen LogP contribution in [-0.2, 0) is 13.1 Å². The fourth-order valence-electron chi connectivity index (χ4n) is 3.20. The number of hydrogen-bond donors (Lipinski definition) is 1. The number of guanidine groups is 1. The van der Waals surface area contributed by atoms with Crippen LogP contribution in [0, 0.1) is 0 Å². The zero-order chi connectivity index (χ0) is 19.9. The Kier molecular flexibility index (Phi) is 6.65. The molecule has 1 aliphatic rings. The fraction of sp³-hybridized carbons (Fsp3) is 0.450. The first-order valence-corrected chi connectivity index (χ1v) is 9.44. The van der Waals surface area contributed by atoms with Gasteiger partial charge < -0.3 is 19.6 Å². The minimum atomic E-state index is 0.0128. The summed E-state index contributed by atoms with van der Waals surface area (Å²) in [6.45, 7) is 5.21. The summed E-state index contributed by atoms with van der Waals surface area (Å²) in [6, 6.07) is 9.60. The van der Waals surface area contributed by atoms with E-state index in [1.54, 1.807) is 25.3 Å². The molecule has 0 spiro atoms. The Hall–Kier alpha value is -2.87. The van der Waals surface area contributed by atoms with Crippen molar-refractivity contribution in [1.82, 2.24) is 25.2 Å². The summed E-state index contributed by atoms with van der Waals surface area (Å²) >= 11 is 0. The lowest BCUT2D eigenvalue weighted by atomic mass is 10.1. The van der Waals surface area contributed by atoms with Gasteiger partial charge in [0.2, 0.25) is 0 Å². The summed E-state index contributed by atoms with van der Waals surface area (Å²) in [4.78, 5) is 22.6. The molecule has 0 atom stereocenters. The number of nitrogens with zero attached hydrogens (tertiary/aromatic N) is 5. The average Bonchev–Trinajstić information content (AvgIpc) is 3.22. The summed E-state index contributed by atoms with van der Waals surface area (Å²) in [7, 11) is 5.32. The third-order valence-electron chi connectivity index (χ3n) is 4.82. The molecular formula is C20H28N6O2. The van der Waals surface area contributed by atoms with E-state index in [4.69, 9.17) is 4.52 Å². The highest BCUT2D eigenvalue weighted by Crippen LogP contribution is 2.09. The maximum atomic E-state index is 12.0. The number of benzene rings is 1. The average molecular weight is 384 g/mol. The molecule has 1 aliphatic heterocycles. The minimum Gasteiger partial charge on any atom is -0.364 e. The molecule has 1 N–H and O–H groups in total. The highest BCUT2D eigenvalue weighted by atomic mass is 16.5. The number of rotatable bonds is 5. The van der Waals surface area contributed by atoms with E-state index >= 15 is 0 Å². The third-order valence-corrected chi connectivity index (χ3v) is 4.82. The minimum absolute atomic E-state index is 0.0128. The standard InChI is InChI=1S/C20H28N6O2/c1-21-20(22-14-16-4-6-17(7-5-16)19(27)24(2)3)26-11-9-25(10-12-26)15-18-8-13-28-23-18/h4-8,13H,9-12,14-15H2,1-3H3,(H,21,22). The zero-order valence-electron chi connectivity index (χ0n) is 16.8. The van der Waals surface area contributed by atoms with Crippen LogP contribution in [0.3, 0.4) is 0 Å². The molecule has 1 saturated heterocycles. The number of nitrogens with one attached hydrogen (secondary N) is 1. The van der Waals surface area contributed by atoms with Crippen LogP contribution in [0.4, 0.5) is 0 Å². The van der Waals surface area contributed by atoms with Crippen LogP contribution >= 0.6 is 0 Å². The number of piperazine rings is 1. The maximum absolute atomic E-state index is 12.0. The second-order valence-electron chi connectivity index (χ2n) is 7.05. The number of amides is 1. The molecule has 1 amide bonds. The van der Waals surface area contributed by atoms with E-state index in [9.17, 15) is 4.79 Å². The highest BCUT2D eigenvalue weighted by Gasteiger charge is 2.20. The molecule has 8 heteroatoms. The van der Waals surface area contributed by atoms with Crippen molar-refractivity contribution < 1.29 is 9.32 Å². The molecule has 0 bridgehead atoms. The number of carbonyl (C=O) groups is 1. The molecule has 0 radical (unpaired) electrons. The number of carbonyl (C=O) groups excluding carboxylic acids is 1. The molecule has 2 heterocycles. The second-order valence-corrected chi connectivity index (χ2v) is 7.05. The Morgan fingerprint density at radius 3 is 2.46 bits per heavy atom. The molecular weight excluding hydrogens is 356 g/mol. The van der Waals surface area contributed by atoms with E-state index in [1.165, 1.54) is 0 Å². The van der Waals surface area contributed by atoms with Crippen molar-refractivity contribution in [2.45, 2.75) is 13.1 Å². The Balaban J connectivity index is 1.48. The predicted molar refractivity (Wildman–Crippen MR) is 108 cm³/mol. The van der Waals surface area contributed by atoms with Gasteiger partial charge in [-0.15, -0.1) is 0 Å². The summed E-state index contributed by atoms with van der Waals surface area (Å²) in [5.41, 5.74) is 2.77. The van der Waals surface area contributed by atoms with Gasteiger partial charge in [-0.2, -0.15) is 0 Å². The molecule has 8 nitrogen and oxygen atoms in total. The normalized spacial score (nSPS) is 15.5. The molecule has 1 aromatic carbocycles. The number of aliphatic imine (C=N–C) groups is 1. The van der Waals surface area contributed by atoms with Crippen LogP contribution < -0.4 is 5.32 Å². The van der Waals surface area contributed by atoms with Crippen LogP contribution in [0.25, 0.3) is 0 Å². The molecule has 3 rings (SSSR count). The number of aromatic nitrogens is 1. The summed E-state index contributed by atoms with van der Waals surface area (Å²) < 4.78 is 4.90. The summed E-state index contributed by atoms with van der Waals surface area (Å²) in [6.07, 6.45) is 1.61. The van der Waals surface area contributed by atoms with E-state index in [2.05, 4.69) is 25.3 Å². The Morgan fingerprint density at radius 1 is 1.18 bits per heavy atom. The van der Waals surface area contributed by atoms with Crippen LogP contribution in [-0.4, -0.2) is 79.0 Å². The molecule has 0 unspecified atom stereocenters. The molecule has 28 heavy (non-hydrogen) atoms. The van der Waals surface area contributed by atoms with Crippen LogP contribution in [0.1, 0.15) is 21.6 Å². The van der Waals surface area contributed by atoms with Gasteiger partial charge in [-0.25, -0.2) is 0 Å². The number of hydrogen-bond acceptors (Lipinski definition) is 5. The summed E-state index contributed by atoms with van der Waals surface area (Å²) in [5, 5.41) is 7.40. The van der Waals surface area contributed by atoms with Gasteiger partial charge >= 0.3 is 0 Å². The van der Waals surface area contributed by atoms with E-state index in [0.717, 1.165) is 49.9 Å². The van der Waals surface area contributed by atoms with E-state index in [0.29, 0.717) is 12.1 Å². The largest absolute Gasteiger partial charge is 0.364 e. The lowest BCUT2D eigenvalue weighted by molar-refractivity contribution is 0.0827. The van der Waals surface area contributed by atoms with Crippen molar-refractivity contribution in [1.29, 1.82) is 0 Å². The van der Waals surface area contributed by atoms with Gasteiger partial charge in [-0.3, -0.25) is 14.7 Å².